The molecule has 0 unspecified atom stereocenters. The van der Waals surface area contributed by atoms with E-state index in [2.05, 4.69) is 144 Å². The highest BCUT2D eigenvalue weighted by Crippen LogP contribution is 1.99. The first kappa shape index (κ1) is 19.0. The predicted octanol–water partition coefficient (Wildman–Crippen LogP) is 2.00. The maximum Gasteiger partial charge on any atom is 1.07 e. The van der Waals surface area contributed by atoms with Crippen LogP contribution >= 0.6 is 0 Å². The van der Waals surface area contributed by atoms with Gasteiger partial charge in [0.15, 0.2) is 0 Å². The van der Waals surface area contributed by atoms with Gasteiger partial charge in [0.05, 0.1) is 0 Å². The highest BCUT2D eigenvalue weighted by Gasteiger charge is 2.76. The maximum absolute atomic E-state index is 2.30. The Labute approximate surface area is 173 Å². The van der Waals surface area contributed by atoms with Crippen molar-refractivity contribution in [3.8, 4) is 0 Å². The Bertz CT molecular complexity index is 916. The molecule has 4 aromatic rings. The van der Waals surface area contributed by atoms with Gasteiger partial charge in [0.2, 0.25) is 0 Å². The van der Waals surface area contributed by atoms with Crippen molar-refractivity contribution in [2.45, 2.75) is 27.7 Å². The van der Waals surface area contributed by atoms with E-state index < -0.39 is 6.69 Å². The summed E-state index contributed by atoms with van der Waals surface area (Å²) in [4.78, 5) is 0. The van der Waals surface area contributed by atoms with Crippen molar-refractivity contribution in [2.24, 2.45) is 0 Å². The van der Waals surface area contributed by atoms with Gasteiger partial charge in [-0.1, -0.05) is 0 Å². The third-order valence-electron chi connectivity index (χ3n) is 5.68. The highest BCUT2D eigenvalue weighted by atomic mass is 15.3. The smallest absolute Gasteiger partial charge is 0.203 e. The van der Waals surface area contributed by atoms with Gasteiger partial charge in [-0.3, -0.25) is 0 Å². The molecular formula is C24H28BN4+3. The van der Waals surface area contributed by atoms with Crippen LogP contribution < -0.4 is 17.9 Å². The van der Waals surface area contributed by atoms with E-state index in [4.69, 9.17) is 0 Å². The van der Waals surface area contributed by atoms with Crippen molar-refractivity contribution in [2.75, 3.05) is 0 Å². The topological polar surface area (TPSA) is 15.5 Å². The SMILES string of the molecule is Cc1cc[n+]([B-]([n+]2ccc(C)cc2)([n+]2ccc(C)cc2)[n+]2ccc(C)cc2)cc1. The number of rotatable bonds is 4. The molecule has 4 rings (SSSR count). The molecule has 29 heavy (non-hydrogen) atoms. The lowest BCUT2D eigenvalue weighted by Gasteiger charge is -2.17. The summed E-state index contributed by atoms with van der Waals surface area (Å²) in [5, 5.41) is 0. The molecule has 0 amide bonds. The zero-order valence-electron chi connectivity index (χ0n) is 17.6. The summed E-state index contributed by atoms with van der Waals surface area (Å²) in [6.45, 7) is 6.88. The molecule has 0 aromatic carbocycles. The van der Waals surface area contributed by atoms with Crippen LogP contribution in [0.15, 0.2) is 98.1 Å². The number of nitrogens with zero attached hydrogens (tertiary/aromatic N) is 4. The molecule has 0 spiro atoms. The van der Waals surface area contributed by atoms with E-state index in [1.54, 1.807) is 0 Å². The average molecular weight is 383 g/mol. The third-order valence-corrected chi connectivity index (χ3v) is 5.68. The number of hydrogen-bond donors (Lipinski definition) is 0. The number of hydrogen-bond acceptors (Lipinski definition) is 0. The van der Waals surface area contributed by atoms with E-state index in [1.165, 1.54) is 22.3 Å². The van der Waals surface area contributed by atoms with Gasteiger partial charge in [-0.25, -0.2) is 17.9 Å². The molecule has 5 heteroatoms. The molecule has 0 aliphatic carbocycles. The van der Waals surface area contributed by atoms with Crippen LogP contribution in [-0.2, 0) is 0 Å². The van der Waals surface area contributed by atoms with Crippen molar-refractivity contribution < 1.29 is 17.9 Å². The molecule has 4 aromatic heterocycles. The Kier molecular flexibility index (Phi) is 4.97. The van der Waals surface area contributed by atoms with Crippen molar-refractivity contribution in [1.29, 1.82) is 0 Å². The van der Waals surface area contributed by atoms with Crippen LogP contribution in [-0.4, -0.2) is 6.69 Å². The third kappa shape index (κ3) is 3.44. The minimum absolute atomic E-state index is 1.24. The Morgan fingerprint density at radius 2 is 0.552 bits per heavy atom. The first-order chi connectivity index (χ1) is 14.0. The lowest BCUT2D eigenvalue weighted by atomic mass is 9.70. The maximum atomic E-state index is 2.30. The standard InChI is InChI=1S/C24H28BN4/c1-21-5-13-26(14-6-21)25(27-15-7-22(2)8-16-27,28-17-9-23(3)10-18-28)29-19-11-24(4)12-20-29/h5-20H,1-4H3/q+3. The lowest BCUT2D eigenvalue weighted by Crippen LogP contribution is -3.06. The van der Waals surface area contributed by atoms with Gasteiger partial charge in [0.25, 0.3) is 0 Å². The first-order valence-electron chi connectivity index (χ1n) is 10.1. The van der Waals surface area contributed by atoms with Gasteiger partial charge < -0.3 is 0 Å². The fourth-order valence-electron chi connectivity index (χ4n) is 3.90. The molecule has 0 aliphatic heterocycles. The molecule has 0 fully saturated rings. The summed E-state index contributed by atoms with van der Waals surface area (Å²) in [6.07, 6.45) is 17.3. The second-order valence-corrected chi connectivity index (χ2v) is 7.98. The summed E-state index contributed by atoms with van der Waals surface area (Å²) in [7, 11) is 0. The molecule has 0 saturated carbocycles. The van der Waals surface area contributed by atoms with Gasteiger partial charge in [-0.2, -0.15) is 0 Å². The van der Waals surface area contributed by atoms with Crippen molar-refractivity contribution in [1.82, 2.24) is 0 Å². The van der Waals surface area contributed by atoms with Gasteiger partial charge in [0, 0.05) is 48.5 Å². The van der Waals surface area contributed by atoms with E-state index in [9.17, 15) is 0 Å². The molecule has 0 bridgehead atoms. The summed E-state index contributed by atoms with van der Waals surface area (Å²) in [6, 6.07) is 17.3. The van der Waals surface area contributed by atoms with Crippen molar-refractivity contribution in [3.63, 3.8) is 0 Å². The monoisotopic (exact) mass is 383 g/mol. The van der Waals surface area contributed by atoms with Gasteiger partial charge in [-0.15, -0.1) is 0 Å². The van der Waals surface area contributed by atoms with Crippen LogP contribution in [0.1, 0.15) is 22.3 Å². The van der Waals surface area contributed by atoms with Crippen molar-refractivity contribution in [3.05, 3.63) is 120 Å². The fraction of sp³-hybridized carbons (Fsp3) is 0.167. The van der Waals surface area contributed by atoms with E-state index >= 15 is 0 Å². The summed E-state index contributed by atoms with van der Waals surface area (Å²) >= 11 is 0. The summed E-state index contributed by atoms with van der Waals surface area (Å²) in [5.74, 6) is 0. The van der Waals surface area contributed by atoms with E-state index in [-0.39, 0.29) is 0 Å². The molecule has 144 valence electrons. The van der Waals surface area contributed by atoms with E-state index in [0.29, 0.717) is 0 Å². The first-order valence-corrected chi connectivity index (χ1v) is 10.1. The summed E-state index contributed by atoms with van der Waals surface area (Å²) < 4.78 is 9.19. The van der Waals surface area contributed by atoms with Crippen LogP contribution in [0.5, 0.6) is 0 Å². The quantitative estimate of drug-likeness (QED) is 0.479. The fourth-order valence-corrected chi connectivity index (χ4v) is 3.90. The Hall–Kier alpha value is -3.34. The summed E-state index contributed by atoms with van der Waals surface area (Å²) in [5.41, 5.74) is 4.95. The van der Waals surface area contributed by atoms with E-state index in [1.807, 2.05) is 0 Å². The highest BCUT2D eigenvalue weighted by molar-refractivity contribution is 6.43. The zero-order chi connectivity index (χ0) is 20.4. The molecule has 0 radical (unpaired) electrons. The molecular weight excluding hydrogens is 355 g/mol. The molecule has 0 atom stereocenters. The average Bonchev–Trinajstić information content (AvgIpc) is 2.73. The molecule has 0 saturated heterocycles. The van der Waals surface area contributed by atoms with Gasteiger partial charge in [-0.05, 0) is 49.9 Å². The molecule has 0 N–H and O–H groups in total. The minimum Gasteiger partial charge on any atom is -0.203 e. The Balaban J connectivity index is 2.11. The second-order valence-electron chi connectivity index (χ2n) is 7.98. The minimum atomic E-state index is -1.61. The molecule has 0 aliphatic rings. The number of aromatic nitrogens is 4. The largest absolute Gasteiger partial charge is 1.07 e. The van der Waals surface area contributed by atoms with Crippen molar-refractivity contribution >= 4 is 6.69 Å². The molecule has 4 heterocycles. The number of aryl methyl sites for hydroxylation is 4. The second kappa shape index (κ2) is 7.59. The van der Waals surface area contributed by atoms with Crippen LogP contribution in [0, 0.1) is 27.7 Å². The van der Waals surface area contributed by atoms with E-state index in [0.717, 1.165) is 0 Å². The van der Waals surface area contributed by atoms with Crippen LogP contribution in [0.4, 0.5) is 0 Å². The zero-order valence-corrected chi connectivity index (χ0v) is 17.6. The predicted molar refractivity (Wildman–Crippen MR) is 113 cm³/mol. The number of pyridine rings is 4. The molecule has 4 nitrogen and oxygen atoms in total. The normalized spacial score (nSPS) is 11.4. The Morgan fingerprint density at radius 1 is 0.379 bits per heavy atom. The van der Waals surface area contributed by atoms with Crippen LogP contribution in [0.3, 0.4) is 0 Å². The lowest BCUT2D eigenvalue weighted by molar-refractivity contribution is -0.922. The Morgan fingerprint density at radius 3 is 0.724 bits per heavy atom. The van der Waals surface area contributed by atoms with Crippen LogP contribution in [0.25, 0.3) is 0 Å². The van der Waals surface area contributed by atoms with Gasteiger partial charge >= 0.3 is 6.69 Å². The van der Waals surface area contributed by atoms with Crippen LogP contribution in [0.2, 0.25) is 0 Å². The van der Waals surface area contributed by atoms with Gasteiger partial charge in [0.1, 0.15) is 49.6 Å².